The zero-order valence-corrected chi connectivity index (χ0v) is 15.4. The van der Waals surface area contributed by atoms with Gasteiger partial charge in [-0.1, -0.05) is 6.42 Å². The molecule has 1 aromatic rings. The molecule has 0 aromatic carbocycles. The Kier molecular flexibility index (Phi) is 4.33. The van der Waals surface area contributed by atoms with E-state index in [2.05, 4.69) is 14.8 Å². The van der Waals surface area contributed by atoms with Crippen LogP contribution < -0.4 is 5.43 Å². The number of hydrazine groups is 1. The molecule has 3 amide bonds. The lowest BCUT2D eigenvalue weighted by Crippen LogP contribution is -2.51. The van der Waals surface area contributed by atoms with E-state index in [0.717, 1.165) is 32.4 Å². The molecule has 4 rings (SSSR count). The van der Waals surface area contributed by atoms with Crippen molar-refractivity contribution in [1.82, 2.24) is 30.2 Å². The van der Waals surface area contributed by atoms with Gasteiger partial charge in [-0.3, -0.25) is 19.5 Å². The molecular weight excluding hydrogens is 380 g/mol. The number of fused-ring (bicyclic) bond motifs is 4. The third-order valence-electron chi connectivity index (χ3n) is 5.08. The van der Waals surface area contributed by atoms with E-state index in [1.165, 1.54) is 15.8 Å². The molecule has 3 aliphatic rings. The number of aromatic nitrogens is 2. The molecule has 2 N–H and O–H groups in total. The summed E-state index contributed by atoms with van der Waals surface area (Å²) in [4.78, 5) is 26.9. The maximum Gasteiger partial charge on any atom is 0.418 e. The summed E-state index contributed by atoms with van der Waals surface area (Å²) in [6.45, 7) is 1.50. The van der Waals surface area contributed by atoms with Crippen LogP contribution >= 0.6 is 0 Å². The van der Waals surface area contributed by atoms with Crippen molar-refractivity contribution in [1.29, 1.82) is 0 Å². The third-order valence-corrected chi connectivity index (χ3v) is 5.43. The SMILES string of the molecule is Cn1ncc2c1[C@@H](C(=O)NN1CCCCC1)N1C[C@@H]2N(OS(=O)(=O)O)C1=O. The second-order valence-corrected chi connectivity index (χ2v) is 7.82. The third kappa shape index (κ3) is 3.16. The highest BCUT2D eigenvalue weighted by atomic mass is 32.3. The lowest BCUT2D eigenvalue weighted by atomic mass is 9.97. The fourth-order valence-corrected chi connectivity index (χ4v) is 4.29. The van der Waals surface area contributed by atoms with Gasteiger partial charge in [0.05, 0.1) is 18.4 Å². The Morgan fingerprint density at radius 3 is 2.70 bits per heavy atom. The zero-order chi connectivity index (χ0) is 19.3. The first-order valence-electron chi connectivity index (χ1n) is 8.60. The number of hydrogen-bond acceptors (Lipinski definition) is 7. The Morgan fingerprint density at radius 1 is 1.33 bits per heavy atom. The van der Waals surface area contributed by atoms with Crippen molar-refractivity contribution in [3.05, 3.63) is 17.5 Å². The molecule has 1 aromatic heterocycles. The average Bonchev–Trinajstić information content (AvgIpc) is 3.10. The summed E-state index contributed by atoms with van der Waals surface area (Å²) in [7, 11) is -3.25. The van der Waals surface area contributed by atoms with Crippen molar-refractivity contribution in [3.8, 4) is 0 Å². The summed E-state index contributed by atoms with van der Waals surface area (Å²) >= 11 is 0. The summed E-state index contributed by atoms with van der Waals surface area (Å²) in [6, 6.07) is -2.58. The molecule has 12 nitrogen and oxygen atoms in total. The van der Waals surface area contributed by atoms with Crippen LogP contribution in [-0.2, 0) is 26.5 Å². The van der Waals surface area contributed by atoms with Crippen molar-refractivity contribution in [2.45, 2.75) is 31.3 Å². The molecule has 2 atom stereocenters. The number of urea groups is 1. The lowest BCUT2D eigenvalue weighted by Gasteiger charge is -2.33. The van der Waals surface area contributed by atoms with Crippen LogP contribution in [-0.4, -0.2) is 69.3 Å². The molecule has 2 saturated heterocycles. The number of nitrogens with zero attached hydrogens (tertiary/aromatic N) is 5. The van der Waals surface area contributed by atoms with E-state index < -0.39 is 34.4 Å². The molecule has 2 bridgehead atoms. The normalized spacial score (nSPS) is 25.6. The predicted molar refractivity (Wildman–Crippen MR) is 88.8 cm³/mol. The second kappa shape index (κ2) is 6.44. The van der Waals surface area contributed by atoms with Gasteiger partial charge >= 0.3 is 16.4 Å². The minimum Gasteiger partial charge on any atom is -0.302 e. The number of hydroxylamine groups is 2. The molecule has 0 unspecified atom stereocenters. The summed E-state index contributed by atoms with van der Waals surface area (Å²) in [5.41, 5.74) is 3.83. The Hall–Kier alpha value is -2.22. The maximum atomic E-state index is 13.0. The first kappa shape index (κ1) is 18.2. The number of nitrogens with one attached hydrogen (secondary N) is 1. The van der Waals surface area contributed by atoms with Gasteiger partial charge in [0, 0.05) is 25.7 Å². The fourth-order valence-electron chi connectivity index (χ4n) is 3.92. The Balaban J connectivity index is 1.66. The van der Waals surface area contributed by atoms with E-state index in [1.54, 1.807) is 7.05 Å². The summed E-state index contributed by atoms with van der Waals surface area (Å²) < 4.78 is 37.2. The predicted octanol–water partition coefficient (Wildman–Crippen LogP) is -0.495. The van der Waals surface area contributed by atoms with Crippen LogP contribution in [0.15, 0.2) is 6.20 Å². The quantitative estimate of drug-likeness (QED) is 0.646. The lowest BCUT2D eigenvalue weighted by molar-refractivity contribution is -0.131. The van der Waals surface area contributed by atoms with Gasteiger partial charge in [0.1, 0.15) is 6.04 Å². The van der Waals surface area contributed by atoms with Crippen molar-refractivity contribution in [2.24, 2.45) is 7.05 Å². The van der Waals surface area contributed by atoms with Crippen LogP contribution in [0.1, 0.15) is 42.6 Å². The Labute approximate surface area is 155 Å². The number of piperidine rings is 1. The monoisotopic (exact) mass is 400 g/mol. The van der Waals surface area contributed by atoms with E-state index in [1.807, 2.05) is 5.01 Å². The van der Waals surface area contributed by atoms with Gasteiger partial charge in [-0.05, 0) is 12.8 Å². The van der Waals surface area contributed by atoms with E-state index >= 15 is 0 Å². The molecule has 0 saturated carbocycles. The fraction of sp³-hybridized carbons (Fsp3) is 0.643. The summed E-state index contributed by atoms with van der Waals surface area (Å²) in [6.07, 6.45) is 4.53. The first-order chi connectivity index (χ1) is 12.8. The van der Waals surface area contributed by atoms with Gasteiger partial charge in [-0.2, -0.15) is 18.6 Å². The number of carbonyl (C=O) groups excluding carboxylic acids is 2. The van der Waals surface area contributed by atoms with E-state index in [-0.39, 0.29) is 6.54 Å². The molecular formula is C14H20N6O6S. The topological polar surface area (TPSA) is 137 Å². The van der Waals surface area contributed by atoms with E-state index in [9.17, 15) is 18.0 Å². The largest absolute Gasteiger partial charge is 0.418 e. The van der Waals surface area contributed by atoms with Crippen molar-refractivity contribution in [2.75, 3.05) is 19.6 Å². The highest BCUT2D eigenvalue weighted by Gasteiger charge is 2.54. The second-order valence-electron chi connectivity index (χ2n) is 6.81. The smallest absolute Gasteiger partial charge is 0.302 e. The molecule has 3 aliphatic heterocycles. The average molecular weight is 400 g/mol. The summed E-state index contributed by atoms with van der Waals surface area (Å²) in [5, 5.41) is 6.54. The highest BCUT2D eigenvalue weighted by Crippen LogP contribution is 2.44. The molecule has 0 aliphatic carbocycles. The molecule has 0 spiro atoms. The number of aryl methyl sites for hydroxylation is 1. The molecule has 13 heteroatoms. The minimum absolute atomic E-state index is 0.0468. The number of amides is 3. The van der Waals surface area contributed by atoms with E-state index in [4.69, 9.17) is 4.55 Å². The van der Waals surface area contributed by atoms with Crippen LogP contribution in [0.5, 0.6) is 0 Å². The van der Waals surface area contributed by atoms with Crippen molar-refractivity contribution >= 4 is 22.3 Å². The van der Waals surface area contributed by atoms with Crippen molar-refractivity contribution < 1.29 is 26.8 Å². The summed E-state index contributed by atoms with van der Waals surface area (Å²) in [5.74, 6) is -0.401. The van der Waals surface area contributed by atoms with Gasteiger partial charge in [0.15, 0.2) is 6.04 Å². The van der Waals surface area contributed by atoms with Gasteiger partial charge in [0.25, 0.3) is 5.91 Å². The van der Waals surface area contributed by atoms with Gasteiger partial charge in [-0.15, -0.1) is 4.28 Å². The van der Waals surface area contributed by atoms with Gasteiger partial charge in [-0.25, -0.2) is 9.80 Å². The molecule has 0 radical (unpaired) electrons. The highest BCUT2D eigenvalue weighted by molar-refractivity contribution is 7.80. The maximum absolute atomic E-state index is 13.0. The van der Waals surface area contributed by atoms with Crippen molar-refractivity contribution in [3.63, 3.8) is 0 Å². The molecule has 27 heavy (non-hydrogen) atoms. The Morgan fingerprint density at radius 2 is 2.04 bits per heavy atom. The zero-order valence-electron chi connectivity index (χ0n) is 14.6. The van der Waals surface area contributed by atoms with Crippen LogP contribution in [0.3, 0.4) is 0 Å². The standard InChI is InChI=1S/C14H20N6O6S/c1-17-11-9(7-15-17)10-8-19(14(22)20(10)26-27(23,24)25)12(11)13(21)16-18-5-3-2-4-6-18/h7,10,12H,2-6,8H2,1H3,(H,16,21)(H,23,24,25)/t10-,12-/m0/s1. The van der Waals surface area contributed by atoms with Crippen LogP contribution in [0.25, 0.3) is 0 Å². The van der Waals surface area contributed by atoms with Crippen LogP contribution in [0, 0.1) is 0 Å². The van der Waals surface area contributed by atoms with E-state index in [0.29, 0.717) is 16.3 Å². The number of carbonyl (C=O) groups is 2. The van der Waals surface area contributed by atoms with Gasteiger partial charge < -0.3 is 4.90 Å². The minimum atomic E-state index is -4.89. The molecule has 148 valence electrons. The Bertz CT molecular complexity index is 879. The van der Waals surface area contributed by atoms with Crippen LogP contribution in [0.4, 0.5) is 4.79 Å². The molecule has 2 fully saturated rings. The molecule has 4 heterocycles. The number of hydrogen-bond donors (Lipinski definition) is 2. The number of rotatable bonds is 4. The van der Waals surface area contributed by atoms with Crippen LogP contribution in [0.2, 0.25) is 0 Å². The first-order valence-corrected chi connectivity index (χ1v) is 9.97. The van der Waals surface area contributed by atoms with Gasteiger partial charge in [0.2, 0.25) is 0 Å².